The fourth-order valence-corrected chi connectivity index (χ4v) is 1.86. The van der Waals surface area contributed by atoms with Crippen LogP contribution in [0.2, 0.25) is 0 Å². The maximum atomic E-state index is 10.7. The molecule has 0 fully saturated rings. The van der Waals surface area contributed by atoms with Gasteiger partial charge in [0.05, 0.1) is 16.4 Å². The van der Waals surface area contributed by atoms with Crippen molar-refractivity contribution >= 4 is 17.3 Å². The number of nitriles is 1. The first-order valence-electron chi connectivity index (χ1n) is 5.66. The fourth-order valence-electron chi connectivity index (χ4n) is 1.65. The van der Waals surface area contributed by atoms with Crippen LogP contribution in [0.5, 0.6) is 11.5 Å². The third kappa shape index (κ3) is 2.87. The lowest BCUT2D eigenvalue weighted by Gasteiger charge is -2.10. The van der Waals surface area contributed by atoms with E-state index >= 15 is 0 Å². The Labute approximate surface area is 120 Å². The highest BCUT2D eigenvalue weighted by atomic mass is 35.5. The molecule has 0 atom stereocenters. The molecule has 2 aromatic carbocycles. The quantitative estimate of drug-likeness (QED) is 0.484. The van der Waals surface area contributed by atoms with Gasteiger partial charge in [0.1, 0.15) is 17.6 Å². The van der Waals surface area contributed by atoms with Crippen LogP contribution in [-0.2, 0) is 5.88 Å². The van der Waals surface area contributed by atoms with E-state index in [-0.39, 0.29) is 11.6 Å². The summed E-state index contributed by atoms with van der Waals surface area (Å²) in [7, 11) is 0. The van der Waals surface area contributed by atoms with Crippen LogP contribution in [0, 0.1) is 21.4 Å². The van der Waals surface area contributed by atoms with Crippen molar-refractivity contribution in [1.82, 2.24) is 0 Å². The van der Waals surface area contributed by atoms with Crippen LogP contribution in [0.3, 0.4) is 0 Å². The van der Waals surface area contributed by atoms with Gasteiger partial charge in [-0.05, 0) is 18.2 Å². The molecule has 0 aliphatic heterocycles. The lowest BCUT2D eigenvalue weighted by atomic mass is 10.2. The zero-order chi connectivity index (χ0) is 14.5. The molecule has 5 nitrogen and oxygen atoms in total. The van der Waals surface area contributed by atoms with E-state index in [1.165, 1.54) is 18.2 Å². The van der Waals surface area contributed by atoms with Crippen molar-refractivity contribution in [3.8, 4) is 17.6 Å². The number of rotatable bonds is 4. The van der Waals surface area contributed by atoms with E-state index in [0.29, 0.717) is 22.6 Å². The first-order chi connectivity index (χ1) is 9.65. The topological polar surface area (TPSA) is 76.2 Å². The second kappa shape index (κ2) is 6.04. The van der Waals surface area contributed by atoms with Gasteiger partial charge < -0.3 is 4.74 Å². The normalized spacial score (nSPS) is 9.80. The third-order valence-electron chi connectivity index (χ3n) is 2.63. The van der Waals surface area contributed by atoms with E-state index in [2.05, 4.69) is 0 Å². The van der Waals surface area contributed by atoms with Crippen LogP contribution in [0.15, 0.2) is 42.5 Å². The maximum Gasteiger partial charge on any atom is 0.270 e. The van der Waals surface area contributed by atoms with Crippen molar-refractivity contribution in [2.24, 2.45) is 0 Å². The average Bonchev–Trinajstić information content (AvgIpc) is 2.48. The predicted molar refractivity (Wildman–Crippen MR) is 73.9 cm³/mol. The summed E-state index contributed by atoms with van der Waals surface area (Å²) in [5.74, 6) is 0.856. The smallest absolute Gasteiger partial charge is 0.270 e. The number of nitrogens with zero attached hydrogens (tertiary/aromatic N) is 2. The number of non-ortho nitro benzene ring substituents is 1. The Kier molecular flexibility index (Phi) is 4.18. The summed E-state index contributed by atoms with van der Waals surface area (Å²) in [4.78, 5) is 10.2. The summed E-state index contributed by atoms with van der Waals surface area (Å²) in [6.45, 7) is 0. The third-order valence-corrected chi connectivity index (χ3v) is 2.91. The van der Waals surface area contributed by atoms with E-state index < -0.39 is 4.92 Å². The lowest BCUT2D eigenvalue weighted by Crippen LogP contribution is -1.94. The van der Waals surface area contributed by atoms with Gasteiger partial charge in [-0.3, -0.25) is 10.1 Å². The minimum Gasteiger partial charge on any atom is -0.456 e. The molecule has 0 aromatic heterocycles. The molecule has 0 radical (unpaired) electrons. The summed E-state index contributed by atoms with van der Waals surface area (Å²) in [6.07, 6.45) is 0. The second-order valence-corrected chi connectivity index (χ2v) is 4.16. The summed E-state index contributed by atoms with van der Waals surface area (Å²) in [5, 5.41) is 19.7. The summed E-state index contributed by atoms with van der Waals surface area (Å²) >= 11 is 5.78. The molecule has 0 amide bonds. The Hall–Kier alpha value is -2.58. The largest absolute Gasteiger partial charge is 0.456 e. The van der Waals surface area contributed by atoms with Gasteiger partial charge in [0.25, 0.3) is 5.69 Å². The van der Waals surface area contributed by atoms with Crippen LogP contribution in [0.25, 0.3) is 0 Å². The molecule has 20 heavy (non-hydrogen) atoms. The number of halogens is 1. The fraction of sp³-hybridized carbons (Fsp3) is 0.0714. The predicted octanol–water partition coefficient (Wildman–Crippen LogP) is 4.00. The number of para-hydroxylation sites is 1. The van der Waals surface area contributed by atoms with Crippen molar-refractivity contribution in [3.05, 3.63) is 63.7 Å². The van der Waals surface area contributed by atoms with Crippen molar-refractivity contribution in [3.63, 3.8) is 0 Å². The minimum absolute atomic E-state index is 0.0541. The molecule has 6 heteroatoms. The molecule has 0 N–H and O–H groups in total. The molecule has 2 aromatic rings. The SMILES string of the molecule is N#Cc1ccccc1Oc1ccc([N+](=O)[O-])cc1CCl. The Morgan fingerprint density at radius 3 is 2.65 bits per heavy atom. The molecular formula is C14H9ClN2O3. The van der Waals surface area contributed by atoms with Gasteiger partial charge in [0.15, 0.2) is 0 Å². The Balaban J connectivity index is 2.39. The Bertz CT molecular complexity index is 695. The number of hydrogen-bond acceptors (Lipinski definition) is 4. The zero-order valence-corrected chi connectivity index (χ0v) is 11.0. The molecule has 0 unspecified atom stereocenters. The number of benzene rings is 2. The van der Waals surface area contributed by atoms with Gasteiger partial charge in [-0.2, -0.15) is 5.26 Å². The average molecular weight is 289 g/mol. The lowest BCUT2D eigenvalue weighted by molar-refractivity contribution is -0.384. The van der Waals surface area contributed by atoms with Crippen LogP contribution in [0.4, 0.5) is 5.69 Å². The van der Waals surface area contributed by atoms with E-state index in [9.17, 15) is 10.1 Å². The van der Waals surface area contributed by atoms with Gasteiger partial charge in [-0.15, -0.1) is 11.6 Å². The molecule has 0 saturated heterocycles. The summed E-state index contributed by atoms with van der Waals surface area (Å²) < 4.78 is 5.63. The van der Waals surface area contributed by atoms with Gasteiger partial charge in [0, 0.05) is 17.7 Å². The highest BCUT2D eigenvalue weighted by Gasteiger charge is 2.13. The zero-order valence-electron chi connectivity index (χ0n) is 10.2. The highest BCUT2D eigenvalue weighted by molar-refractivity contribution is 6.17. The van der Waals surface area contributed by atoms with E-state index in [4.69, 9.17) is 21.6 Å². The second-order valence-electron chi connectivity index (χ2n) is 3.89. The minimum atomic E-state index is -0.497. The maximum absolute atomic E-state index is 10.7. The van der Waals surface area contributed by atoms with E-state index in [0.717, 1.165) is 0 Å². The van der Waals surface area contributed by atoms with Crippen molar-refractivity contribution in [1.29, 1.82) is 5.26 Å². The molecular weight excluding hydrogens is 280 g/mol. The first-order valence-corrected chi connectivity index (χ1v) is 6.19. The van der Waals surface area contributed by atoms with Crippen molar-refractivity contribution < 1.29 is 9.66 Å². The van der Waals surface area contributed by atoms with Gasteiger partial charge in [-0.25, -0.2) is 0 Å². The van der Waals surface area contributed by atoms with Crippen LogP contribution in [0.1, 0.15) is 11.1 Å². The van der Waals surface area contributed by atoms with Gasteiger partial charge in [0.2, 0.25) is 0 Å². The molecule has 0 saturated carbocycles. The number of nitro benzene ring substituents is 1. The van der Waals surface area contributed by atoms with E-state index in [1.807, 2.05) is 6.07 Å². The van der Waals surface area contributed by atoms with Crippen LogP contribution in [-0.4, -0.2) is 4.92 Å². The molecule has 0 heterocycles. The van der Waals surface area contributed by atoms with Crippen LogP contribution < -0.4 is 4.74 Å². The Morgan fingerprint density at radius 2 is 2.00 bits per heavy atom. The Morgan fingerprint density at radius 1 is 1.25 bits per heavy atom. The molecule has 100 valence electrons. The summed E-state index contributed by atoms with van der Waals surface area (Å²) in [6, 6.07) is 12.9. The number of alkyl halides is 1. The molecule has 2 rings (SSSR count). The first kappa shape index (κ1) is 13.8. The summed E-state index contributed by atoms with van der Waals surface area (Å²) in [5.41, 5.74) is 0.821. The highest BCUT2D eigenvalue weighted by Crippen LogP contribution is 2.31. The standard InChI is InChI=1S/C14H9ClN2O3/c15-8-11-7-12(17(18)19)5-6-14(11)20-13-4-2-1-3-10(13)9-16/h1-7H,8H2. The molecule has 0 bridgehead atoms. The van der Waals surface area contributed by atoms with Crippen molar-refractivity contribution in [2.75, 3.05) is 0 Å². The van der Waals surface area contributed by atoms with Crippen molar-refractivity contribution in [2.45, 2.75) is 5.88 Å². The number of hydrogen-bond donors (Lipinski definition) is 0. The monoisotopic (exact) mass is 288 g/mol. The number of ether oxygens (including phenoxy) is 1. The molecule has 0 spiro atoms. The van der Waals surface area contributed by atoms with Crippen LogP contribution >= 0.6 is 11.6 Å². The number of nitro groups is 1. The molecule has 0 aliphatic rings. The van der Waals surface area contributed by atoms with Gasteiger partial charge >= 0.3 is 0 Å². The van der Waals surface area contributed by atoms with E-state index in [1.54, 1.807) is 24.3 Å². The molecule has 0 aliphatic carbocycles. The van der Waals surface area contributed by atoms with Gasteiger partial charge in [-0.1, -0.05) is 12.1 Å².